The number of benzene rings is 2. The molecule has 1 heterocycles. The number of unbranched alkanes of at least 4 members (excludes halogenated alkanes) is 2. The molecule has 3 rings (SSSR count). The van der Waals surface area contributed by atoms with Gasteiger partial charge in [0, 0.05) is 17.7 Å². The number of fused-ring (bicyclic) bond motifs is 1. The van der Waals surface area contributed by atoms with Crippen molar-refractivity contribution in [2.45, 2.75) is 26.2 Å². The quantitative estimate of drug-likeness (QED) is 0.672. The van der Waals surface area contributed by atoms with E-state index in [4.69, 9.17) is 0 Å². The molecule has 0 bridgehead atoms. The maximum absolute atomic E-state index is 12.1. The van der Waals surface area contributed by atoms with Gasteiger partial charge in [-0.2, -0.15) is 0 Å². The normalized spacial score (nSPS) is 10.8. The number of hydrogen-bond donors (Lipinski definition) is 2. The smallest absolute Gasteiger partial charge is 0.251 e. The molecule has 4 heteroatoms. The average molecular weight is 307 g/mol. The molecule has 0 fully saturated rings. The summed E-state index contributed by atoms with van der Waals surface area (Å²) in [4.78, 5) is 19.9. The minimum atomic E-state index is -0.0164. The monoisotopic (exact) mass is 307 g/mol. The zero-order valence-electron chi connectivity index (χ0n) is 13.3. The number of aromatic amines is 1. The van der Waals surface area contributed by atoms with E-state index in [-0.39, 0.29) is 5.91 Å². The summed E-state index contributed by atoms with van der Waals surface area (Å²) < 4.78 is 0. The third kappa shape index (κ3) is 3.59. The van der Waals surface area contributed by atoms with Gasteiger partial charge >= 0.3 is 0 Å². The van der Waals surface area contributed by atoms with Gasteiger partial charge in [-0.3, -0.25) is 4.79 Å². The Labute approximate surface area is 136 Å². The van der Waals surface area contributed by atoms with Crippen LogP contribution in [0.3, 0.4) is 0 Å². The number of para-hydroxylation sites is 2. The summed E-state index contributed by atoms with van der Waals surface area (Å²) in [5.74, 6) is 0.804. The third-order valence-corrected chi connectivity index (χ3v) is 3.88. The van der Waals surface area contributed by atoms with E-state index >= 15 is 0 Å². The molecule has 0 aliphatic carbocycles. The van der Waals surface area contributed by atoms with Crippen LogP contribution in [0, 0.1) is 0 Å². The largest absolute Gasteiger partial charge is 0.352 e. The first-order valence-corrected chi connectivity index (χ1v) is 8.11. The second-order valence-corrected chi connectivity index (χ2v) is 5.64. The lowest BCUT2D eigenvalue weighted by Gasteiger charge is -2.05. The van der Waals surface area contributed by atoms with Crippen molar-refractivity contribution < 1.29 is 4.79 Å². The van der Waals surface area contributed by atoms with Gasteiger partial charge in [-0.25, -0.2) is 4.98 Å². The summed E-state index contributed by atoms with van der Waals surface area (Å²) >= 11 is 0. The van der Waals surface area contributed by atoms with Gasteiger partial charge in [0.05, 0.1) is 11.0 Å². The van der Waals surface area contributed by atoms with Crippen molar-refractivity contribution in [3.8, 4) is 11.4 Å². The van der Waals surface area contributed by atoms with Crippen LogP contribution in [0.25, 0.3) is 22.4 Å². The van der Waals surface area contributed by atoms with Gasteiger partial charge in [0.15, 0.2) is 0 Å². The maximum Gasteiger partial charge on any atom is 0.251 e. The predicted molar refractivity (Wildman–Crippen MR) is 93.4 cm³/mol. The molecule has 0 saturated carbocycles. The van der Waals surface area contributed by atoms with Gasteiger partial charge in [-0.15, -0.1) is 0 Å². The summed E-state index contributed by atoms with van der Waals surface area (Å²) in [5.41, 5.74) is 3.62. The number of hydrogen-bond acceptors (Lipinski definition) is 2. The van der Waals surface area contributed by atoms with Crippen LogP contribution in [0.1, 0.15) is 36.5 Å². The Morgan fingerprint density at radius 1 is 1.09 bits per heavy atom. The minimum absolute atomic E-state index is 0.0164. The van der Waals surface area contributed by atoms with E-state index in [1.165, 1.54) is 0 Å². The van der Waals surface area contributed by atoms with Crippen LogP contribution >= 0.6 is 0 Å². The lowest BCUT2D eigenvalue weighted by molar-refractivity contribution is 0.0953. The van der Waals surface area contributed by atoms with Crippen LogP contribution < -0.4 is 5.32 Å². The molecule has 0 unspecified atom stereocenters. The van der Waals surface area contributed by atoms with E-state index in [0.717, 1.165) is 48.2 Å². The number of rotatable bonds is 6. The summed E-state index contributed by atoms with van der Waals surface area (Å²) in [7, 11) is 0. The lowest BCUT2D eigenvalue weighted by Crippen LogP contribution is -2.24. The molecule has 0 aliphatic rings. The highest BCUT2D eigenvalue weighted by Gasteiger charge is 2.08. The Morgan fingerprint density at radius 2 is 1.87 bits per heavy atom. The number of carbonyl (C=O) groups excluding carboxylic acids is 1. The van der Waals surface area contributed by atoms with E-state index < -0.39 is 0 Å². The summed E-state index contributed by atoms with van der Waals surface area (Å²) in [6.07, 6.45) is 3.33. The number of H-pyrrole nitrogens is 1. The number of nitrogens with one attached hydrogen (secondary N) is 2. The fraction of sp³-hybridized carbons (Fsp3) is 0.263. The standard InChI is InChI=1S/C19H21N3O/c1-2-3-6-13-20-19(23)15-11-9-14(10-12-15)18-21-16-7-4-5-8-17(16)22-18/h4-5,7-12H,2-3,6,13H2,1H3,(H,20,23)(H,21,22). The van der Waals surface area contributed by atoms with E-state index in [9.17, 15) is 4.79 Å². The van der Waals surface area contributed by atoms with Crippen molar-refractivity contribution in [3.05, 3.63) is 54.1 Å². The van der Waals surface area contributed by atoms with Gasteiger partial charge in [-0.05, 0) is 30.7 Å². The van der Waals surface area contributed by atoms with Crippen LogP contribution in [0.4, 0.5) is 0 Å². The first kappa shape index (κ1) is 15.3. The predicted octanol–water partition coefficient (Wildman–Crippen LogP) is 4.15. The summed E-state index contributed by atoms with van der Waals surface area (Å²) in [6.45, 7) is 2.89. The fourth-order valence-corrected chi connectivity index (χ4v) is 2.55. The van der Waals surface area contributed by atoms with Gasteiger partial charge in [-0.1, -0.05) is 44.0 Å². The van der Waals surface area contributed by atoms with Crippen molar-refractivity contribution in [1.82, 2.24) is 15.3 Å². The van der Waals surface area contributed by atoms with Crippen LogP contribution in [-0.4, -0.2) is 22.4 Å². The van der Waals surface area contributed by atoms with Crippen LogP contribution in [-0.2, 0) is 0 Å². The molecule has 23 heavy (non-hydrogen) atoms. The van der Waals surface area contributed by atoms with Crippen molar-refractivity contribution in [1.29, 1.82) is 0 Å². The average Bonchev–Trinajstić information content (AvgIpc) is 3.03. The topological polar surface area (TPSA) is 57.8 Å². The van der Waals surface area contributed by atoms with Gasteiger partial charge in [0.2, 0.25) is 0 Å². The first-order chi connectivity index (χ1) is 11.3. The number of carbonyl (C=O) groups is 1. The molecule has 4 nitrogen and oxygen atoms in total. The highest BCUT2D eigenvalue weighted by molar-refractivity contribution is 5.94. The first-order valence-electron chi connectivity index (χ1n) is 8.11. The van der Waals surface area contributed by atoms with E-state index in [0.29, 0.717) is 5.56 Å². The summed E-state index contributed by atoms with van der Waals surface area (Å²) in [6, 6.07) is 15.5. The molecule has 0 radical (unpaired) electrons. The lowest BCUT2D eigenvalue weighted by atomic mass is 10.1. The number of amides is 1. The molecule has 1 amide bonds. The molecule has 0 atom stereocenters. The number of aromatic nitrogens is 2. The highest BCUT2D eigenvalue weighted by atomic mass is 16.1. The van der Waals surface area contributed by atoms with E-state index in [2.05, 4.69) is 22.2 Å². The van der Waals surface area contributed by atoms with Crippen LogP contribution in [0.5, 0.6) is 0 Å². The maximum atomic E-state index is 12.1. The molecule has 2 aromatic carbocycles. The van der Waals surface area contributed by atoms with Gasteiger partial charge < -0.3 is 10.3 Å². The van der Waals surface area contributed by atoms with Crippen LogP contribution in [0.2, 0.25) is 0 Å². The second kappa shape index (κ2) is 7.09. The number of nitrogens with zero attached hydrogens (tertiary/aromatic N) is 1. The molecule has 3 aromatic rings. The van der Waals surface area contributed by atoms with Gasteiger partial charge in [0.25, 0.3) is 5.91 Å². The Bertz CT molecular complexity index is 757. The molecule has 118 valence electrons. The van der Waals surface area contributed by atoms with E-state index in [1.54, 1.807) is 0 Å². The van der Waals surface area contributed by atoms with Crippen molar-refractivity contribution >= 4 is 16.9 Å². The molecule has 0 saturated heterocycles. The molecule has 2 N–H and O–H groups in total. The molecule has 1 aromatic heterocycles. The van der Waals surface area contributed by atoms with Crippen molar-refractivity contribution in [2.75, 3.05) is 6.54 Å². The Morgan fingerprint density at radius 3 is 2.61 bits per heavy atom. The number of imidazole rings is 1. The Hall–Kier alpha value is -2.62. The zero-order chi connectivity index (χ0) is 16.1. The molecular weight excluding hydrogens is 286 g/mol. The molecular formula is C19H21N3O. The zero-order valence-corrected chi connectivity index (χ0v) is 13.3. The van der Waals surface area contributed by atoms with Crippen LogP contribution in [0.15, 0.2) is 48.5 Å². The van der Waals surface area contributed by atoms with Gasteiger partial charge in [0.1, 0.15) is 5.82 Å². The molecule has 0 spiro atoms. The van der Waals surface area contributed by atoms with Crippen molar-refractivity contribution in [2.24, 2.45) is 0 Å². The summed E-state index contributed by atoms with van der Waals surface area (Å²) in [5, 5.41) is 2.95. The Kier molecular flexibility index (Phi) is 4.71. The fourth-order valence-electron chi connectivity index (χ4n) is 2.55. The Balaban J connectivity index is 1.70. The molecule has 0 aliphatic heterocycles. The van der Waals surface area contributed by atoms with Crippen molar-refractivity contribution in [3.63, 3.8) is 0 Å². The second-order valence-electron chi connectivity index (χ2n) is 5.64. The highest BCUT2D eigenvalue weighted by Crippen LogP contribution is 2.20. The van der Waals surface area contributed by atoms with E-state index in [1.807, 2.05) is 48.5 Å². The third-order valence-electron chi connectivity index (χ3n) is 3.88. The minimum Gasteiger partial charge on any atom is -0.352 e. The SMILES string of the molecule is CCCCCNC(=O)c1ccc(-c2nc3ccccc3[nH]2)cc1.